The van der Waals surface area contributed by atoms with E-state index in [1.807, 2.05) is 81.4 Å². The minimum absolute atomic E-state index is 0.0609. The van der Waals surface area contributed by atoms with Crippen molar-refractivity contribution in [3.63, 3.8) is 0 Å². The second kappa shape index (κ2) is 12.7. The molecule has 2 aromatic rings. The van der Waals surface area contributed by atoms with Crippen LogP contribution in [0.15, 0.2) is 73.3 Å². The molecule has 8 heteroatoms. The lowest BCUT2D eigenvalue weighted by Crippen LogP contribution is -2.41. The Labute approximate surface area is 231 Å². The van der Waals surface area contributed by atoms with Gasteiger partial charge in [-0.1, -0.05) is 80.6 Å². The summed E-state index contributed by atoms with van der Waals surface area (Å²) in [6.07, 6.45) is 2.65. The van der Waals surface area contributed by atoms with Crippen LogP contribution in [0, 0.1) is 5.92 Å². The van der Waals surface area contributed by atoms with E-state index in [1.54, 1.807) is 36.9 Å². The Hall–Kier alpha value is -3.94. The molecular weight excluding hydrogens is 492 g/mol. The number of nitrogens with zero attached hydrogens (tertiary/aromatic N) is 4. The molecule has 5 unspecified atom stereocenters. The number of amides is 6. The van der Waals surface area contributed by atoms with Gasteiger partial charge in [0.2, 0.25) is 11.8 Å². The number of carbonyl (C=O) groups is 4. The molecule has 6 amide bonds. The number of rotatable bonds is 6. The summed E-state index contributed by atoms with van der Waals surface area (Å²) in [5.74, 6) is -0.465. The Morgan fingerprint density at radius 1 is 0.821 bits per heavy atom. The Bertz CT molecular complexity index is 1190. The van der Waals surface area contributed by atoms with Crippen LogP contribution < -0.4 is 0 Å². The Morgan fingerprint density at radius 2 is 1.23 bits per heavy atom. The zero-order chi connectivity index (χ0) is 28.9. The quantitative estimate of drug-likeness (QED) is 0.451. The molecule has 2 aliphatic heterocycles. The van der Waals surface area contributed by atoms with Gasteiger partial charge >= 0.3 is 12.1 Å². The summed E-state index contributed by atoms with van der Waals surface area (Å²) in [6, 6.07) is 18.8. The highest BCUT2D eigenvalue weighted by Gasteiger charge is 2.46. The van der Waals surface area contributed by atoms with Gasteiger partial charge in [0.05, 0.1) is 24.2 Å². The van der Waals surface area contributed by atoms with Crippen molar-refractivity contribution in [3.8, 4) is 0 Å². The molecular formula is C31H40N4O4. The van der Waals surface area contributed by atoms with E-state index >= 15 is 0 Å². The molecule has 2 aromatic carbocycles. The highest BCUT2D eigenvalue weighted by molar-refractivity contribution is 5.98. The predicted octanol–water partition coefficient (Wildman–Crippen LogP) is 5.64. The normalized spacial score (nSPS) is 23.4. The highest BCUT2D eigenvalue weighted by Crippen LogP contribution is 2.35. The zero-order valence-electron chi connectivity index (χ0n) is 23.8. The van der Waals surface area contributed by atoms with Crippen molar-refractivity contribution in [1.82, 2.24) is 19.6 Å². The van der Waals surface area contributed by atoms with E-state index < -0.39 is 0 Å². The molecule has 0 spiro atoms. The lowest BCUT2D eigenvalue weighted by atomic mass is 9.99. The lowest BCUT2D eigenvalue weighted by molar-refractivity contribution is -0.132. The van der Waals surface area contributed by atoms with Crippen molar-refractivity contribution in [3.05, 3.63) is 84.4 Å². The monoisotopic (exact) mass is 532 g/mol. The third-order valence-corrected chi connectivity index (χ3v) is 7.61. The summed E-state index contributed by atoms with van der Waals surface area (Å²) in [7, 11) is 3.50. The third-order valence-electron chi connectivity index (χ3n) is 7.61. The van der Waals surface area contributed by atoms with Gasteiger partial charge in [-0.05, 0) is 31.4 Å². The van der Waals surface area contributed by atoms with E-state index in [1.165, 1.54) is 9.80 Å². The second-order valence-electron chi connectivity index (χ2n) is 10.2. The number of allylic oxidation sites excluding steroid dienone is 1. The zero-order valence-corrected chi connectivity index (χ0v) is 23.8. The number of likely N-dealkylation sites (N-methyl/N-ethyl adjacent to an activating group) is 2. The van der Waals surface area contributed by atoms with Gasteiger partial charge in [0.15, 0.2) is 0 Å². The van der Waals surface area contributed by atoms with Crippen LogP contribution in [0.1, 0.15) is 63.7 Å². The van der Waals surface area contributed by atoms with Gasteiger partial charge in [-0.15, -0.1) is 6.58 Å². The number of benzene rings is 2. The average Bonchev–Trinajstić information content (AvgIpc) is 3.30. The Kier molecular flexibility index (Phi) is 9.67. The van der Waals surface area contributed by atoms with Crippen LogP contribution in [0.5, 0.6) is 0 Å². The topological polar surface area (TPSA) is 81.2 Å². The van der Waals surface area contributed by atoms with Crippen LogP contribution >= 0.6 is 0 Å². The highest BCUT2D eigenvalue weighted by atomic mass is 16.2. The molecule has 0 N–H and O–H groups in total. The second-order valence-corrected chi connectivity index (χ2v) is 10.2. The average molecular weight is 533 g/mol. The fraction of sp³-hybridized carbons (Fsp3) is 0.419. The Balaban J connectivity index is 0.000000218. The fourth-order valence-corrected chi connectivity index (χ4v) is 5.55. The molecule has 0 saturated carbocycles. The van der Waals surface area contributed by atoms with Gasteiger partial charge in [-0.3, -0.25) is 19.4 Å². The minimum Gasteiger partial charge on any atom is -0.318 e. The number of hydrogen-bond acceptors (Lipinski definition) is 4. The summed E-state index contributed by atoms with van der Waals surface area (Å²) in [5, 5.41) is 0. The van der Waals surface area contributed by atoms with Gasteiger partial charge in [-0.2, -0.15) is 0 Å². The largest absolute Gasteiger partial charge is 0.327 e. The fourth-order valence-electron chi connectivity index (χ4n) is 5.55. The van der Waals surface area contributed by atoms with Crippen LogP contribution in [0.2, 0.25) is 0 Å². The molecule has 2 saturated heterocycles. The summed E-state index contributed by atoms with van der Waals surface area (Å²) in [4.78, 5) is 55.0. The molecule has 0 aromatic heterocycles. The molecule has 39 heavy (non-hydrogen) atoms. The smallest absolute Gasteiger partial charge is 0.318 e. The summed E-state index contributed by atoms with van der Waals surface area (Å²) in [6.45, 7) is 11.1. The Morgan fingerprint density at radius 3 is 1.64 bits per heavy atom. The first-order chi connectivity index (χ1) is 18.6. The van der Waals surface area contributed by atoms with E-state index in [9.17, 15) is 19.2 Å². The first kappa shape index (κ1) is 29.6. The van der Waals surface area contributed by atoms with E-state index in [4.69, 9.17) is 0 Å². The standard InChI is InChI=1S/C17H22N2O2.C14H18N2O2/c1-5-9-12(2)16(20)19-13(3)15(18(4)17(19)21)14-10-7-6-8-11-14;1-4-12(17)16-10(2)13(15(3)14(16)18)11-8-6-5-7-9-11/h5-8,10-13,15H,1,9H2,2-4H3;5-10,13H,4H2,1-3H3. The number of urea groups is 2. The van der Waals surface area contributed by atoms with Crippen molar-refractivity contribution >= 4 is 23.9 Å². The molecule has 0 bridgehead atoms. The molecule has 0 radical (unpaired) electrons. The van der Waals surface area contributed by atoms with Crippen molar-refractivity contribution in [2.24, 2.45) is 5.92 Å². The van der Waals surface area contributed by atoms with Gasteiger partial charge in [0.1, 0.15) is 0 Å². The van der Waals surface area contributed by atoms with Crippen LogP contribution in [0.3, 0.4) is 0 Å². The maximum atomic E-state index is 12.5. The van der Waals surface area contributed by atoms with E-state index in [0.29, 0.717) is 12.8 Å². The number of imide groups is 2. The van der Waals surface area contributed by atoms with E-state index in [0.717, 1.165) is 11.1 Å². The maximum Gasteiger partial charge on any atom is 0.327 e. The number of hydrogen-bond donors (Lipinski definition) is 0. The summed E-state index contributed by atoms with van der Waals surface area (Å²) >= 11 is 0. The summed E-state index contributed by atoms with van der Waals surface area (Å²) < 4.78 is 0. The first-order valence-electron chi connectivity index (χ1n) is 13.5. The van der Waals surface area contributed by atoms with Crippen molar-refractivity contribution in [2.75, 3.05) is 14.1 Å². The maximum absolute atomic E-state index is 12.5. The molecule has 4 rings (SSSR count). The molecule has 208 valence electrons. The lowest BCUT2D eigenvalue weighted by Gasteiger charge is -2.24. The molecule has 2 aliphatic rings. The van der Waals surface area contributed by atoms with E-state index in [-0.39, 0.29) is 54.0 Å². The van der Waals surface area contributed by atoms with Crippen LogP contribution in [0.25, 0.3) is 0 Å². The van der Waals surface area contributed by atoms with Gasteiger partial charge in [0.25, 0.3) is 0 Å². The van der Waals surface area contributed by atoms with Gasteiger partial charge in [0, 0.05) is 26.4 Å². The molecule has 0 aliphatic carbocycles. The molecule has 8 nitrogen and oxygen atoms in total. The van der Waals surface area contributed by atoms with Crippen molar-refractivity contribution < 1.29 is 19.2 Å². The van der Waals surface area contributed by atoms with Crippen LogP contribution in [-0.2, 0) is 9.59 Å². The van der Waals surface area contributed by atoms with Gasteiger partial charge in [-0.25, -0.2) is 9.59 Å². The van der Waals surface area contributed by atoms with Crippen LogP contribution in [0.4, 0.5) is 9.59 Å². The van der Waals surface area contributed by atoms with Crippen molar-refractivity contribution in [1.29, 1.82) is 0 Å². The first-order valence-corrected chi connectivity index (χ1v) is 13.5. The molecule has 2 heterocycles. The van der Waals surface area contributed by atoms with Gasteiger partial charge < -0.3 is 9.80 Å². The van der Waals surface area contributed by atoms with Crippen molar-refractivity contribution in [2.45, 2.75) is 64.7 Å². The van der Waals surface area contributed by atoms with E-state index in [2.05, 4.69) is 6.58 Å². The number of carbonyl (C=O) groups excluding carboxylic acids is 4. The minimum atomic E-state index is -0.225. The predicted molar refractivity (Wildman–Crippen MR) is 152 cm³/mol. The summed E-state index contributed by atoms with van der Waals surface area (Å²) in [5.41, 5.74) is 2.11. The third kappa shape index (κ3) is 5.90. The SMILES string of the molecule is C=CCC(C)C(=O)N1C(=O)N(C)C(c2ccccc2)C1C.CCC(=O)N1C(=O)N(C)C(c2ccccc2)C1C. The molecule has 5 atom stereocenters. The molecule has 2 fully saturated rings. The van der Waals surface area contributed by atoms with Crippen LogP contribution in [-0.4, -0.2) is 69.7 Å².